The van der Waals surface area contributed by atoms with Crippen molar-refractivity contribution in [3.63, 3.8) is 0 Å². The maximum atomic E-state index is 4.78. The first-order chi connectivity index (χ1) is 13.7. The Kier molecular flexibility index (Phi) is 5.20. The summed E-state index contributed by atoms with van der Waals surface area (Å²) in [6.07, 6.45) is 5.56. The Labute approximate surface area is 165 Å². The fourth-order valence-electron chi connectivity index (χ4n) is 3.06. The molecule has 0 N–H and O–H groups in total. The molecule has 4 rings (SSSR count). The fourth-order valence-corrected chi connectivity index (χ4v) is 3.06. The Morgan fingerprint density at radius 1 is 0.607 bits per heavy atom. The van der Waals surface area contributed by atoms with Crippen LogP contribution in [0.15, 0.2) is 73.1 Å². The molecule has 4 nitrogen and oxygen atoms in total. The van der Waals surface area contributed by atoms with Gasteiger partial charge in [0.15, 0.2) is 0 Å². The van der Waals surface area contributed by atoms with E-state index in [0.29, 0.717) is 0 Å². The number of nitrogens with zero attached hydrogens (tertiary/aromatic N) is 4. The van der Waals surface area contributed by atoms with Crippen LogP contribution in [0.2, 0.25) is 0 Å². The minimum atomic E-state index is 0.865. The van der Waals surface area contributed by atoms with Gasteiger partial charge in [0.1, 0.15) is 0 Å². The predicted molar refractivity (Wildman–Crippen MR) is 112 cm³/mol. The number of rotatable bonds is 5. The average Bonchev–Trinajstić information content (AvgIpc) is 2.73. The number of aromatic nitrogens is 4. The molecule has 4 aromatic heterocycles. The molecule has 0 radical (unpaired) electrons. The Hall–Kier alpha value is -3.40. The lowest BCUT2D eigenvalue weighted by atomic mass is 10.1. The van der Waals surface area contributed by atoms with Gasteiger partial charge in [-0.15, -0.1) is 0 Å². The summed E-state index contributed by atoms with van der Waals surface area (Å²) in [6.45, 7) is 4.03. The highest BCUT2D eigenvalue weighted by atomic mass is 14.8. The van der Waals surface area contributed by atoms with Gasteiger partial charge in [0, 0.05) is 23.8 Å². The van der Waals surface area contributed by atoms with Gasteiger partial charge in [0.05, 0.1) is 22.8 Å². The molecule has 4 heteroatoms. The van der Waals surface area contributed by atoms with E-state index in [1.54, 1.807) is 0 Å². The summed E-state index contributed by atoms with van der Waals surface area (Å²) >= 11 is 0. The van der Waals surface area contributed by atoms with Crippen LogP contribution in [0.5, 0.6) is 0 Å². The molecule has 0 saturated heterocycles. The number of hydrogen-bond donors (Lipinski definition) is 0. The summed E-state index contributed by atoms with van der Waals surface area (Å²) in [5, 5.41) is 0. The standard InChI is InChI=1S/C24H22N4/c1-17-9-13-21(25-15-17)22-14-11-19(16-26-22)10-12-20-6-4-8-24(28-20)23-7-3-5-18(2)27-23/h3-9,11,13-16H,10,12H2,1-2H3. The molecule has 0 aliphatic rings. The molecule has 0 aliphatic carbocycles. The molecule has 0 spiro atoms. The third-order valence-corrected chi connectivity index (χ3v) is 4.63. The van der Waals surface area contributed by atoms with Gasteiger partial charge in [-0.3, -0.25) is 19.9 Å². The topological polar surface area (TPSA) is 51.6 Å². The molecule has 0 saturated carbocycles. The molecule has 0 unspecified atom stereocenters. The third kappa shape index (κ3) is 4.29. The number of pyridine rings is 4. The third-order valence-electron chi connectivity index (χ3n) is 4.63. The molecular weight excluding hydrogens is 344 g/mol. The first-order valence-corrected chi connectivity index (χ1v) is 9.45. The largest absolute Gasteiger partial charge is 0.254 e. The lowest BCUT2D eigenvalue weighted by molar-refractivity contribution is 0.908. The van der Waals surface area contributed by atoms with Crippen molar-refractivity contribution >= 4 is 0 Å². The van der Waals surface area contributed by atoms with E-state index in [0.717, 1.165) is 52.6 Å². The maximum absolute atomic E-state index is 4.78. The highest BCUT2D eigenvalue weighted by Crippen LogP contribution is 2.17. The zero-order valence-electron chi connectivity index (χ0n) is 16.1. The Balaban J connectivity index is 1.44. The van der Waals surface area contributed by atoms with Crippen molar-refractivity contribution in [3.8, 4) is 22.8 Å². The van der Waals surface area contributed by atoms with Crippen LogP contribution in [0.4, 0.5) is 0 Å². The van der Waals surface area contributed by atoms with Gasteiger partial charge in [-0.05, 0) is 74.2 Å². The van der Waals surface area contributed by atoms with E-state index >= 15 is 0 Å². The summed E-state index contributed by atoms with van der Waals surface area (Å²) in [5.74, 6) is 0. The lowest BCUT2D eigenvalue weighted by Crippen LogP contribution is -1.98. The summed E-state index contributed by atoms with van der Waals surface area (Å²) in [6, 6.07) is 20.4. The average molecular weight is 366 g/mol. The van der Waals surface area contributed by atoms with Gasteiger partial charge in [-0.2, -0.15) is 0 Å². The molecule has 4 heterocycles. The SMILES string of the molecule is Cc1ccc(-c2ccc(CCc3cccc(-c4cccc(C)n4)n3)cn2)nc1. The van der Waals surface area contributed by atoms with E-state index in [4.69, 9.17) is 4.98 Å². The van der Waals surface area contributed by atoms with Crippen LogP contribution in [0.1, 0.15) is 22.5 Å². The van der Waals surface area contributed by atoms with Crippen LogP contribution in [-0.4, -0.2) is 19.9 Å². The van der Waals surface area contributed by atoms with Crippen molar-refractivity contribution in [2.24, 2.45) is 0 Å². The van der Waals surface area contributed by atoms with Crippen LogP contribution in [0, 0.1) is 13.8 Å². The predicted octanol–water partition coefficient (Wildman–Crippen LogP) is 5.00. The molecule has 4 aromatic rings. The second-order valence-electron chi connectivity index (χ2n) is 6.95. The zero-order valence-corrected chi connectivity index (χ0v) is 16.1. The monoisotopic (exact) mass is 366 g/mol. The second-order valence-corrected chi connectivity index (χ2v) is 6.95. The van der Waals surface area contributed by atoms with Gasteiger partial charge in [0.2, 0.25) is 0 Å². The first-order valence-electron chi connectivity index (χ1n) is 9.45. The van der Waals surface area contributed by atoms with E-state index in [1.165, 1.54) is 5.56 Å². The van der Waals surface area contributed by atoms with Crippen molar-refractivity contribution in [1.82, 2.24) is 19.9 Å². The molecular formula is C24H22N4. The number of hydrogen-bond acceptors (Lipinski definition) is 4. The molecule has 0 amide bonds. The molecule has 0 atom stereocenters. The van der Waals surface area contributed by atoms with Gasteiger partial charge >= 0.3 is 0 Å². The Morgan fingerprint density at radius 3 is 2.00 bits per heavy atom. The Bertz CT molecular complexity index is 1070. The number of aryl methyl sites for hydroxylation is 4. The molecule has 0 aromatic carbocycles. The van der Waals surface area contributed by atoms with Crippen LogP contribution in [0.3, 0.4) is 0 Å². The van der Waals surface area contributed by atoms with E-state index in [9.17, 15) is 0 Å². The zero-order chi connectivity index (χ0) is 19.3. The highest BCUT2D eigenvalue weighted by Gasteiger charge is 2.05. The van der Waals surface area contributed by atoms with E-state index in [2.05, 4.69) is 33.2 Å². The van der Waals surface area contributed by atoms with Crippen molar-refractivity contribution in [3.05, 3.63) is 95.6 Å². The van der Waals surface area contributed by atoms with E-state index < -0.39 is 0 Å². The molecule has 138 valence electrons. The molecule has 0 aliphatic heterocycles. The molecule has 0 bridgehead atoms. The van der Waals surface area contributed by atoms with Crippen LogP contribution < -0.4 is 0 Å². The van der Waals surface area contributed by atoms with Gasteiger partial charge in [-0.1, -0.05) is 24.3 Å². The van der Waals surface area contributed by atoms with Gasteiger partial charge < -0.3 is 0 Å². The lowest BCUT2D eigenvalue weighted by Gasteiger charge is -2.06. The summed E-state index contributed by atoms with van der Waals surface area (Å²) < 4.78 is 0. The van der Waals surface area contributed by atoms with Crippen LogP contribution in [-0.2, 0) is 12.8 Å². The fraction of sp³-hybridized carbons (Fsp3) is 0.167. The smallest absolute Gasteiger partial charge is 0.0889 e. The Morgan fingerprint density at radius 2 is 1.32 bits per heavy atom. The van der Waals surface area contributed by atoms with E-state index in [-0.39, 0.29) is 0 Å². The van der Waals surface area contributed by atoms with Crippen LogP contribution in [0.25, 0.3) is 22.8 Å². The van der Waals surface area contributed by atoms with Crippen LogP contribution >= 0.6 is 0 Å². The summed E-state index contributed by atoms with van der Waals surface area (Å²) in [4.78, 5) is 18.4. The van der Waals surface area contributed by atoms with Gasteiger partial charge in [0.25, 0.3) is 0 Å². The second kappa shape index (κ2) is 8.09. The quantitative estimate of drug-likeness (QED) is 0.499. The van der Waals surface area contributed by atoms with Crippen molar-refractivity contribution in [2.75, 3.05) is 0 Å². The molecule has 0 fully saturated rings. The molecule has 28 heavy (non-hydrogen) atoms. The minimum absolute atomic E-state index is 0.865. The maximum Gasteiger partial charge on any atom is 0.0889 e. The van der Waals surface area contributed by atoms with Crippen molar-refractivity contribution in [2.45, 2.75) is 26.7 Å². The van der Waals surface area contributed by atoms with E-state index in [1.807, 2.05) is 68.7 Å². The first kappa shape index (κ1) is 18.0. The van der Waals surface area contributed by atoms with Gasteiger partial charge in [-0.25, -0.2) is 0 Å². The normalized spacial score (nSPS) is 10.8. The summed E-state index contributed by atoms with van der Waals surface area (Å²) in [7, 11) is 0. The minimum Gasteiger partial charge on any atom is -0.254 e. The summed E-state index contributed by atoms with van der Waals surface area (Å²) in [5.41, 5.74) is 8.03. The van der Waals surface area contributed by atoms with Crippen molar-refractivity contribution < 1.29 is 0 Å². The highest BCUT2D eigenvalue weighted by molar-refractivity contribution is 5.55. The van der Waals surface area contributed by atoms with Crippen molar-refractivity contribution in [1.29, 1.82) is 0 Å².